The van der Waals surface area contributed by atoms with E-state index < -0.39 is 0 Å². The largest absolute Gasteiger partial charge is 0.341 e. The van der Waals surface area contributed by atoms with E-state index in [4.69, 9.17) is 10.7 Å². The van der Waals surface area contributed by atoms with Crippen LogP contribution in [0.1, 0.15) is 43.9 Å². The fourth-order valence-electron chi connectivity index (χ4n) is 2.55. The lowest BCUT2D eigenvalue weighted by Crippen LogP contribution is -2.37. The highest BCUT2D eigenvalue weighted by Gasteiger charge is 2.20. The van der Waals surface area contributed by atoms with Crippen LogP contribution in [-0.2, 0) is 0 Å². The maximum Gasteiger partial charge on any atom is 0.225 e. The number of rotatable bonds is 3. The second-order valence-electron chi connectivity index (χ2n) is 5.56. The highest BCUT2D eigenvalue weighted by molar-refractivity contribution is 5.34. The van der Waals surface area contributed by atoms with E-state index in [2.05, 4.69) is 30.7 Å². The number of aryl methyl sites for hydroxylation is 1. The summed E-state index contributed by atoms with van der Waals surface area (Å²) in [5.74, 6) is 2.02. The summed E-state index contributed by atoms with van der Waals surface area (Å²) < 4.78 is 0. The predicted molar refractivity (Wildman–Crippen MR) is 74.8 cm³/mol. The van der Waals surface area contributed by atoms with Crippen LogP contribution in [0.3, 0.4) is 0 Å². The summed E-state index contributed by atoms with van der Waals surface area (Å²) in [4.78, 5) is 11.5. The van der Waals surface area contributed by atoms with Gasteiger partial charge in [-0.2, -0.15) is 0 Å². The Labute approximate surface area is 110 Å². The molecule has 0 amide bonds. The number of nitrogens with zero attached hydrogens (tertiary/aromatic N) is 3. The maximum absolute atomic E-state index is 5.72. The van der Waals surface area contributed by atoms with Crippen LogP contribution in [-0.4, -0.2) is 29.6 Å². The molecule has 0 aliphatic carbocycles. The fraction of sp³-hybridized carbons (Fsp3) is 0.714. The van der Waals surface area contributed by atoms with Crippen LogP contribution in [0.4, 0.5) is 5.95 Å². The molecule has 0 spiro atoms. The minimum absolute atomic E-state index is 0.452. The Hall–Kier alpha value is -1.16. The van der Waals surface area contributed by atoms with E-state index in [1.807, 2.05) is 6.20 Å². The Kier molecular flexibility index (Phi) is 4.17. The van der Waals surface area contributed by atoms with Gasteiger partial charge < -0.3 is 10.6 Å². The zero-order valence-corrected chi connectivity index (χ0v) is 11.7. The first-order valence-electron chi connectivity index (χ1n) is 6.90. The highest BCUT2D eigenvalue weighted by atomic mass is 15.3. The molecule has 1 saturated heterocycles. The van der Waals surface area contributed by atoms with Crippen LogP contribution in [0, 0.1) is 12.8 Å². The molecule has 1 aromatic rings. The van der Waals surface area contributed by atoms with Gasteiger partial charge in [0.2, 0.25) is 5.95 Å². The molecular weight excluding hydrogens is 224 g/mol. The molecule has 18 heavy (non-hydrogen) atoms. The Morgan fingerprint density at radius 3 is 2.61 bits per heavy atom. The summed E-state index contributed by atoms with van der Waals surface area (Å²) in [6, 6.07) is 0. The monoisotopic (exact) mass is 248 g/mol. The molecule has 0 atom stereocenters. The molecule has 1 aliphatic rings. The molecule has 0 saturated carbocycles. The molecule has 0 bridgehead atoms. The number of nitrogens with two attached hydrogens (primary N) is 1. The quantitative estimate of drug-likeness (QED) is 0.890. The van der Waals surface area contributed by atoms with Crippen LogP contribution >= 0.6 is 0 Å². The van der Waals surface area contributed by atoms with Gasteiger partial charge in [-0.1, -0.05) is 13.8 Å². The summed E-state index contributed by atoms with van der Waals surface area (Å²) >= 11 is 0. The maximum atomic E-state index is 5.72. The second-order valence-corrected chi connectivity index (χ2v) is 5.56. The number of piperidine rings is 1. The third kappa shape index (κ3) is 2.80. The summed E-state index contributed by atoms with van der Waals surface area (Å²) in [5.41, 5.74) is 8.07. The normalized spacial score (nSPS) is 17.5. The molecule has 1 aliphatic heterocycles. The average molecular weight is 248 g/mol. The van der Waals surface area contributed by atoms with Crippen LogP contribution in [0.2, 0.25) is 0 Å². The number of hydrogen-bond donors (Lipinski definition) is 1. The van der Waals surface area contributed by atoms with Crippen molar-refractivity contribution in [3.05, 3.63) is 17.5 Å². The lowest BCUT2D eigenvalue weighted by Gasteiger charge is -2.31. The van der Waals surface area contributed by atoms with Crippen LogP contribution in [0.5, 0.6) is 0 Å². The van der Waals surface area contributed by atoms with Crippen molar-refractivity contribution in [3.8, 4) is 0 Å². The molecule has 0 radical (unpaired) electrons. The third-order valence-corrected chi connectivity index (χ3v) is 3.78. The summed E-state index contributed by atoms with van der Waals surface area (Å²) in [7, 11) is 0. The van der Waals surface area contributed by atoms with Gasteiger partial charge >= 0.3 is 0 Å². The van der Waals surface area contributed by atoms with Gasteiger partial charge in [0.1, 0.15) is 0 Å². The van der Waals surface area contributed by atoms with Crippen LogP contribution in [0.15, 0.2) is 6.20 Å². The fourth-order valence-corrected chi connectivity index (χ4v) is 2.55. The first-order chi connectivity index (χ1) is 8.61. The van der Waals surface area contributed by atoms with Gasteiger partial charge in [-0.15, -0.1) is 0 Å². The predicted octanol–water partition coefficient (Wildman–Crippen LogP) is 2.08. The second kappa shape index (κ2) is 5.65. The molecule has 1 aromatic heterocycles. The molecule has 2 N–H and O–H groups in total. The van der Waals surface area contributed by atoms with Crippen LogP contribution < -0.4 is 10.6 Å². The van der Waals surface area contributed by atoms with Crippen molar-refractivity contribution in [1.82, 2.24) is 9.97 Å². The zero-order chi connectivity index (χ0) is 13.1. The summed E-state index contributed by atoms with van der Waals surface area (Å²) in [6.45, 7) is 9.31. The molecule has 4 nitrogen and oxygen atoms in total. The van der Waals surface area contributed by atoms with Gasteiger partial charge in [-0.3, -0.25) is 0 Å². The molecule has 2 rings (SSSR count). The third-order valence-electron chi connectivity index (χ3n) is 3.78. The zero-order valence-electron chi connectivity index (χ0n) is 11.7. The topological polar surface area (TPSA) is 55.0 Å². The van der Waals surface area contributed by atoms with Crippen molar-refractivity contribution in [2.75, 3.05) is 24.5 Å². The number of anilines is 1. The molecular formula is C14H24N4. The highest BCUT2D eigenvalue weighted by Crippen LogP contribution is 2.22. The molecule has 1 fully saturated rings. The van der Waals surface area contributed by atoms with E-state index in [9.17, 15) is 0 Å². The number of hydrogen-bond acceptors (Lipinski definition) is 4. The standard InChI is InChI=1S/C14H24N4/c1-10(2)13-11(3)9-16-14(17-13)18-6-4-12(8-15)5-7-18/h9-10,12H,4-8,15H2,1-3H3. The summed E-state index contributed by atoms with van der Waals surface area (Å²) in [5, 5.41) is 0. The lowest BCUT2D eigenvalue weighted by molar-refractivity contribution is 0.411. The molecule has 4 heteroatoms. The van der Waals surface area contributed by atoms with Crippen LogP contribution in [0.25, 0.3) is 0 Å². The Morgan fingerprint density at radius 1 is 1.39 bits per heavy atom. The van der Waals surface area contributed by atoms with Crippen molar-refractivity contribution in [2.45, 2.75) is 39.5 Å². The lowest BCUT2D eigenvalue weighted by atomic mass is 9.97. The smallest absolute Gasteiger partial charge is 0.225 e. The van der Waals surface area contributed by atoms with E-state index in [-0.39, 0.29) is 0 Å². The molecule has 0 aromatic carbocycles. The number of aromatic nitrogens is 2. The summed E-state index contributed by atoms with van der Waals surface area (Å²) in [6.07, 6.45) is 4.27. The minimum Gasteiger partial charge on any atom is -0.341 e. The molecule has 2 heterocycles. The first kappa shape index (κ1) is 13.3. The van der Waals surface area contributed by atoms with Gasteiger partial charge in [-0.05, 0) is 43.7 Å². The van der Waals surface area contributed by atoms with E-state index in [0.29, 0.717) is 11.8 Å². The van der Waals surface area contributed by atoms with Gasteiger partial charge in [0.05, 0.1) is 5.69 Å². The SMILES string of the molecule is Cc1cnc(N2CCC(CN)CC2)nc1C(C)C. The van der Waals surface area contributed by atoms with E-state index in [1.54, 1.807) is 0 Å². The Bertz CT molecular complexity index is 395. The van der Waals surface area contributed by atoms with E-state index in [0.717, 1.165) is 38.4 Å². The van der Waals surface area contributed by atoms with Crippen molar-refractivity contribution in [3.63, 3.8) is 0 Å². The first-order valence-corrected chi connectivity index (χ1v) is 6.90. The van der Waals surface area contributed by atoms with Crippen molar-refractivity contribution in [2.24, 2.45) is 11.7 Å². The van der Waals surface area contributed by atoms with Gasteiger partial charge in [0.15, 0.2) is 0 Å². The van der Waals surface area contributed by atoms with Crippen molar-refractivity contribution < 1.29 is 0 Å². The molecule has 100 valence electrons. The Morgan fingerprint density at radius 2 is 2.06 bits per heavy atom. The van der Waals surface area contributed by atoms with E-state index >= 15 is 0 Å². The van der Waals surface area contributed by atoms with Gasteiger partial charge in [0.25, 0.3) is 0 Å². The van der Waals surface area contributed by atoms with E-state index in [1.165, 1.54) is 11.3 Å². The van der Waals surface area contributed by atoms with Crippen molar-refractivity contribution in [1.29, 1.82) is 0 Å². The van der Waals surface area contributed by atoms with Crippen molar-refractivity contribution >= 4 is 5.95 Å². The minimum atomic E-state index is 0.452. The average Bonchev–Trinajstić information content (AvgIpc) is 2.39. The molecule has 0 unspecified atom stereocenters. The van der Waals surface area contributed by atoms with Gasteiger partial charge in [0, 0.05) is 19.3 Å². The Balaban J connectivity index is 2.12. The van der Waals surface area contributed by atoms with Gasteiger partial charge in [-0.25, -0.2) is 9.97 Å².